The predicted octanol–water partition coefficient (Wildman–Crippen LogP) is 0.560. The lowest BCUT2D eigenvalue weighted by atomic mass is 10.0. The normalized spacial score (nSPS) is 15.6. The van der Waals surface area contributed by atoms with E-state index in [2.05, 4.69) is 10.4 Å². The zero-order chi connectivity index (χ0) is 18.5. The van der Waals surface area contributed by atoms with Crippen molar-refractivity contribution in [2.75, 3.05) is 26.7 Å². The lowest BCUT2D eigenvalue weighted by molar-refractivity contribution is -0.119. The third-order valence-corrected chi connectivity index (χ3v) is 4.44. The Morgan fingerprint density at radius 1 is 1.27 bits per heavy atom. The van der Waals surface area contributed by atoms with Gasteiger partial charge in [0.2, 0.25) is 5.91 Å². The van der Waals surface area contributed by atoms with Crippen molar-refractivity contribution in [1.29, 1.82) is 0 Å². The largest absolute Gasteiger partial charge is 0.493 e. The predicted molar refractivity (Wildman–Crippen MR) is 96.2 cm³/mol. The first-order valence-corrected chi connectivity index (χ1v) is 8.57. The molecule has 26 heavy (non-hydrogen) atoms. The van der Waals surface area contributed by atoms with E-state index in [0.717, 1.165) is 31.6 Å². The second-order valence-corrected chi connectivity index (χ2v) is 6.32. The van der Waals surface area contributed by atoms with Crippen molar-refractivity contribution < 1.29 is 14.3 Å². The van der Waals surface area contributed by atoms with Crippen LogP contribution in [-0.2, 0) is 4.79 Å². The van der Waals surface area contributed by atoms with Crippen molar-refractivity contribution in [3.63, 3.8) is 0 Å². The average molecular weight is 357 g/mol. The molecule has 1 aromatic carbocycles. The molecule has 0 spiro atoms. The molecule has 0 atom stereocenters. The minimum absolute atomic E-state index is 0.0400. The second-order valence-electron chi connectivity index (χ2n) is 6.32. The molecular formula is C18H23N5O3. The third-order valence-electron chi connectivity index (χ3n) is 4.44. The highest BCUT2D eigenvalue weighted by Crippen LogP contribution is 2.20. The molecule has 2 heterocycles. The summed E-state index contributed by atoms with van der Waals surface area (Å²) in [4.78, 5) is 25.6. The van der Waals surface area contributed by atoms with Crippen LogP contribution in [0.15, 0.2) is 36.5 Å². The maximum atomic E-state index is 12.6. The van der Waals surface area contributed by atoms with E-state index in [4.69, 9.17) is 10.5 Å². The lowest BCUT2D eigenvalue weighted by Crippen LogP contribution is -2.46. The van der Waals surface area contributed by atoms with Crippen molar-refractivity contribution in [2.24, 2.45) is 5.73 Å². The Morgan fingerprint density at radius 2 is 1.96 bits per heavy atom. The number of piperidine rings is 1. The van der Waals surface area contributed by atoms with E-state index in [1.54, 1.807) is 10.9 Å². The summed E-state index contributed by atoms with van der Waals surface area (Å²) < 4.78 is 6.94. The number of ether oxygens (including phenoxy) is 1. The second kappa shape index (κ2) is 8.01. The van der Waals surface area contributed by atoms with Crippen molar-refractivity contribution in [1.82, 2.24) is 20.0 Å². The van der Waals surface area contributed by atoms with E-state index in [9.17, 15) is 9.59 Å². The first kappa shape index (κ1) is 17.9. The Morgan fingerprint density at radius 3 is 2.58 bits per heavy atom. The van der Waals surface area contributed by atoms with Gasteiger partial charge in [-0.2, -0.15) is 5.10 Å². The fourth-order valence-electron chi connectivity index (χ4n) is 3.09. The molecule has 2 amide bonds. The smallest absolute Gasteiger partial charge is 0.275 e. The number of para-hydroxylation sites is 1. The zero-order valence-corrected chi connectivity index (χ0v) is 14.7. The fraction of sp³-hybridized carbons (Fsp3) is 0.389. The number of amides is 2. The standard InChI is InChI=1S/C18H23N5O3/c1-26-15-11-23(14-5-3-2-4-6-14)21-17(15)18(25)20-13-7-9-22(10-8-13)12-16(19)24/h2-6,11,13H,7-10,12H2,1H3,(H2,19,24)(H,20,25). The van der Waals surface area contributed by atoms with Gasteiger partial charge in [-0.1, -0.05) is 18.2 Å². The number of hydrogen-bond donors (Lipinski definition) is 2. The molecule has 1 aliphatic heterocycles. The van der Waals surface area contributed by atoms with Crippen molar-refractivity contribution in [3.05, 3.63) is 42.2 Å². The molecule has 0 radical (unpaired) electrons. The van der Waals surface area contributed by atoms with Gasteiger partial charge in [-0.3, -0.25) is 14.5 Å². The SMILES string of the molecule is COc1cn(-c2ccccc2)nc1C(=O)NC1CCN(CC(N)=O)CC1. The molecule has 0 aliphatic carbocycles. The number of methoxy groups -OCH3 is 1. The highest BCUT2D eigenvalue weighted by molar-refractivity contribution is 5.95. The fourth-order valence-corrected chi connectivity index (χ4v) is 3.09. The Kier molecular flexibility index (Phi) is 5.52. The van der Waals surface area contributed by atoms with Gasteiger partial charge in [0, 0.05) is 19.1 Å². The monoisotopic (exact) mass is 357 g/mol. The molecule has 3 rings (SSSR count). The topological polar surface area (TPSA) is 102 Å². The summed E-state index contributed by atoms with van der Waals surface area (Å²) in [6.07, 6.45) is 3.22. The zero-order valence-electron chi connectivity index (χ0n) is 14.7. The van der Waals surface area contributed by atoms with Gasteiger partial charge < -0.3 is 15.8 Å². The minimum Gasteiger partial charge on any atom is -0.493 e. The van der Waals surface area contributed by atoms with Crippen LogP contribution < -0.4 is 15.8 Å². The van der Waals surface area contributed by atoms with Crippen molar-refractivity contribution in [3.8, 4) is 11.4 Å². The lowest BCUT2D eigenvalue weighted by Gasteiger charge is -2.31. The summed E-state index contributed by atoms with van der Waals surface area (Å²) in [6, 6.07) is 9.58. The summed E-state index contributed by atoms with van der Waals surface area (Å²) >= 11 is 0. The first-order chi connectivity index (χ1) is 12.6. The van der Waals surface area contributed by atoms with Gasteiger partial charge in [0.05, 0.1) is 25.5 Å². The number of aromatic nitrogens is 2. The molecule has 1 aliphatic rings. The molecule has 0 unspecified atom stereocenters. The van der Waals surface area contributed by atoms with Crippen molar-refractivity contribution >= 4 is 11.8 Å². The van der Waals surface area contributed by atoms with Gasteiger partial charge in [0.15, 0.2) is 11.4 Å². The number of carbonyl (C=O) groups is 2. The van der Waals surface area contributed by atoms with Crippen molar-refractivity contribution in [2.45, 2.75) is 18.9 Å². The van der Waals surface area contributed by atoms with Gasteiger partial charge in [-0.05, 0) is 25.0 Å². The van der Waals surface area contributed by atoms with E-state index in [-0.39, 0.29) is 30.1 Å². The Bertz CT molecular complexity index is 766. The molecule has 1 saturated heterocycles. The van der Waals surface area contributed by atoms with Gasteiger partial charge in [-0.25, -0.2) is 4.68 Å². The molecule has 1 aromatic heterocycles. The molecule has 2 aromatic rings. The van der Waals surface area contributed by atoms with E-state index < -0.39 is 0 Å². The quantitative estimate of drug-likeness (QED) is 0.786. The summed E-state index contributed by atoms with van der Waals surface area (Å²) in [5.74, 6) is -0.161. The summed E-state index contributed by atoms with van der Waals surface area (Å²) in [5.41, 5.74) is 6.33. The maximum Gasteiger partial charge on any atom is 0.275 e. The number of nitrogens with two attached hydrogens (primary N) is 1. The van der Waals surface area contributed by atoms with Crippen LogP contribution >= 0.6 is 0 Å². The Balaban J connectivity index is 1.65. The van der Waals surface area contributed by atoms with Crippen LogP contribution in [0.2, 0.25) is 0 Å². The van der Waals surface area contributed by atoms with Crippen LogP contribution in [-0.4, -0.2) is 59.3 Å². The number of primary amides is 1. The van der Waals surface area contributed by atoms with Crippen LogP contribution in [0.3, 0.4) is 0 Å². The number of likely N-dealkylation sites (tertiary alicyclic amines) is 1. The first-order valence-electron chi connectivity index (χ1n) is 8.57. The van der Waals surface area contributed by atoms with Crippen LogP contribution in [0.25, 0.3) is 5.69 Å². The van der Waals surface area contributed by atoms with E-state index >= 15 is 0 Å². The van der Waals surface area contributed by atoms with E-state index in [1.807, 2.05) is 35.2 Å². The molecule has 3 N–H and O–H groups in total. The van der Waals surface area contributed by atoms with Gasteiger partial charge in [-0.15, -0.1) is 0 Å². The molecule has 8 heteroatoms. The number of carbonyl (C=O) groups excluding carboxylic acids is 2. The average Bonchev–Trinajstić information content (AvgIpc) is 3.08. The summed E-state index contributed by atoms with van der Waals surface area (Å²) in [7, 11) is 1.52. The van der Waals surface area contributed by atoms with Gasteiger partial charge >= 0.3 is 0 Å². The molecule has 138 valence electrons. The highest BCUT2D eigenvalue weighted by atomic mass is 16.5. The number of nitrogens with zero attached hydrogens (tertiary/aromatic N) is 3. The number of benzene rings is 1. The van der Waals surface area contributed by atoms with E-state index in [0.29, 0.717) is 5.75 Å². The van der Waals surface area contributed by atoms with Gasteiger partial charge in [0.25, 0.3) is 5.91 Å². The van der Waals surface area contributed by atoms with Crippen LogP contribution in [0, 0.1) is 0 Å². The Labute approximate surface area is 151 Å². The molecule has 0 bridgehead atoms. The number of rotatable bonds is 6. The van der Waals surface area contributed by atoms with Crippen LogP contribution in [0.4, 0.5) is 0 Å². The highest BCUT2D eigenvalue weighted by Gasteiger charge is 2.25. The molecule has 8 nitrogen and oxygen atoms in total. The van der Waals surface area contributed by atoms with Crippen LogP contribution in [0.5, 0.6) is 5.75 Å². The third kappa shape index (κ3) is 4.20. The van der Waals surface area contributed by atoms with Crippen LogP contribution in [0.1, 0.15) is 23.3 Å². The summed E-state index contributed by atoms with van der Waals surface area (Å²) in [5, 5.41) is 7.39. The number of nitrogens with one attached hydrogen (secondary N) is 1. The molecule has 1 fully saturated rings. The molecular weight excluding hydrogens is 334 g/mol. The van der Waals surface area contributed by atoms with E-state index in [1.165, 1.54) is 7.11 Å². The maximum absolute atomic E-state index is 12.6. The minimum atomic E-state index is -0.330. The number of hydrogen-bond acceptors (Lipinski definition) is 5. The van der Waals surface area contributed by atoms with Gasteiger partial charge in [0.1, 0.15) is 0 Å². The molecule has 0 saturated carbocycles. The summed E-state index contributed by atoms with van der Waals surface area (Å²) in [6.45, 7) is 1.71. The Hall–Kier alpha value is -2.87.